The van der Waals surface area contributed by atoms with Crippen molar-refractivity contribution in [2.45, 2.75) is 37.0 Å². The number of nitrogens with one attached hydrogen (secondary N) is 1. The molecule has 0 aliphatic heterocycles. The van der Waals surface area contributed by atoms with Gasteiger partial charge in [-0.05, 0) is 25.2 Å². The molecule has 0 spiro atoms. The van der Waals surface area contributed by atoms with Crippen molar-refractivity contribution in [3.05, 3.63) is 36.1 Å². The zero-order chi connectivity index (χ0) is 13.1. The smallest absolute Gasteiger partial charge is 0.134 e. The molecule has 19 heavy (non-hydrogen) atoms. The van der Waals surface area contributed by atoms with E-state index in [4.69, 9.17) is 4.42 Å². The third-order valence-corrected chi connectivity index (χ3v) is 5.69. The van der Waals surface area contributed by atoms with Gasteiger partial charge in [0.05, 0.1) is 6.26 Å². The minimum Gasteiger partial charge on any atom is -0.464 e. The lowest BCUT2D eigenvalue weighted by Crippen LogP contribution is -2.34. The van der Waals surface area contributed by atoms with E-state index < -0.39 is 0 Å². The normalized spacial score (nSPS) is 18.2. The van der Waals surface area contributed by atoms with E-state index in [-0.39, 0.29) is 0 Å². The van der Waals surface area contributed by atoms with Gasteiger partial charge >= 0.3 is 0 Å². The molecule has 1 saturated carbocycles. The molecule has 3 rings (SSSR count). The van der Waals surface area contributed by atoms with Crippen molar-refractivity contribution in [1.29, 1.82) is 0 Å². The van der Waals surface area contributed by atoms with Crippen molar-refractivity contribution in [3.8, 4) is 0 Å². The lowest BCUT2D eigenvalue weighted by molar-refractivity contribution is 0.530. The lowest BCUT2D eigenvalue weighted by atomic mass is 10.1. The van der Waals surface area contributed by atoms with Gasteiger partial charge in [-0.1, -0.05) is 31.0 Å². The molecule has 0 radical (unpaired) electrons. The Hall–Kier alpha value is -0.930. The molecule has 102 valence electrons. The average molecular weight is 275 g/mol. The first kappa shape index (κ1) is 13.1. The summed E-state index contributed by atoms with van der Waals surface area (Å²) in [5.41, 5.74) is 2.25. The van der Waals surface area contributed by atoms with Gasteiger partial charge in [-0.3, -0.25) is 0 Å². The third-order valence-electron chi connectivity index (χ3n) is 4.27. The number of furan rings is 1. The molecular weight excluding hydrogens is 254 g/mol. The molecule has 2 aromatic rings. The number of thioether (sulfide) groups is 1. The van der Waals surface area contributed by atoms with Crippen molar-refractivity contribution in [1.82, 2.24) is 5.32 Å². The quantitative estimate of drug-likeness (QED) is 0.885. The number of para-hydroxylation sites is 1. The Bertz CT molecular complexity index is 542. The van der Waals surface area contributed by atoms with Crippen LogP contribution in [0.1, 0.15) is 31.2 Å². The summed E-state index contributed by atoms with van der Waals surface area (Å²) in [4.78, 5) is 0. The van der Waals surface area contributed by atoms with E-state index in [1.54, 1.807) is 0 Å². The Morgan fingerprint density at radius 1 is 1.26 bits per heavy atom. The van der Waals surface area contributed by atoms with Crippen LogP contribution in [0.15, 0.2) is 34.9 Å². The Kier molecular flexibility index (Phi) is 3.85. The van der Waals surface area contributed by atoms with Crippen molar-refractivity contribution >= 4 is 22.7 Å². The van der Waals surface area contributed by atoms with Gasteiger partial charge in [0.2, 0.25) is 0 Å². The van der Waals surface area contributed by atoms with Gasteiger partial charge in [-0.15, -0.1) is 0 Å². The Morgan fingerprint density at radius 2 is 2.05 bits per heavy atom. The van der Waals surface area contributed by atoms with E-state index in [1.807, 2.05) is 30.2 Å². The monoisotopic (exact) mass is 275 g/mol. The van der Waals surface area contributed by atoms with Crippen molar-refractivity contribution in [2.75, 3.05) is 12.8 Å². The van der Waals surface area contributed by atoms with Crippen LogP contribution in [-0.4, -0.2) is 17.5 Å². The zero-order valence-electron chi connectivity index (χ0n) is 11.4. The predicted octanol–water partition coefficient (Wildman–Crippen LogP) is 4.20. The van der Waals surface area contributed by atoms with Crippen LogP contribution in [0.25, 0.3) is 11.0 Å². The fourth-order valence-electron chi connectivity index (χ4n) is 3.07. The summed E-state index contributed by atoms with van der Waals surface area (Å²) >= 11 is 2.03. The highest BCUT2D eigenvalue weighted by molar-refractivity contribution is 8.00. The minimum atomic E-state index is 0.472. The second-order valence-electron chi connectivity index (χ2n) is 5.45. The van der Waals surface area contributed by atoms with Crippen molar-refractivity contribution < 1.29 is 4.42 Å². The first-order chi connectivity index (χ1) is 9.33. The number of rotatable bonds is 5. The van der Waals surface area contributed by atoms with Crippen molar-refractivity contribution in [3.63, 3.8) is 0 Å². The summed E-state index contributed by atoms with van der Waals surface area (Å²) in [6.45, 7) is 2.01. The predicted molar refractivity (Wildman–Crippen MR) is 82.6 cm³/mol. The van der Waals surface area contributed by atoms with E-state index in [0.29, 0.717) is 4.75 Å². The van der Waals surface area contributed by atoms with E-state index in [0.717, 1.165) is 18.7 Å². The highest BCUT2D eigenvalue weighted by atomic mass is 32.2. The molecule has 0 saturated heterocycles. The number of benzene rings is 1. The number of fused-ring (bicyclic) bond motifs is 1. The van der Waals surface area contributed by atoms with Crippen LogP contribution in [0.5, 0.6) is 0 Å². The SMILES string of the molecule is CSC1(CNCc2coc3ccccc23)CCCC1. The van der Waals surface area contributed by atoms with E-state index >= 15 is 0 Å². The summed E-state index contributed by atoms with van der Waals surface area (Å²) in [5, 5.41) is 4.87. The third kappa shape index (κ3) is 2.67. The van der Waals surface area contributed by atoms with Crippen LogP contribution in [0.2, 0.25) is 0 Å². The number of hydrogen-bond donors (Lipinski definition) is 1. The van der Waals surface area contributed by atoms with Gasteiger partial charge in [0.25, 0.3) is 0 Å². The Morgan fingerprint density at radius 3 is 2.84 bits per heavy atom. The highest BCUT2D eigenvalue weighted by Gasteiger charge is 2.32. The molecule has 0 unspecified atom stereocenters. The van der Waals surface area contributed by atoms with E-state index in [1.165, 1.54) is 36.6 Å². The first-order valence-electron chi connectivity index (χ1n) is 7.04. The lowest BCUT2D eigenvalue weighted by Gasteiger charge is -2.27. The van der Waals surface area contributed by atoms with Crippen molar-refractivity contribution in [2.24, 2.45) is 0 Å². The largest absolute Gasteiger partial charge is 0.464 e. The van der Waals surface area contributed by atoms with Gasteiger partial charge in [-0.25, -0.2) is 0 Å². The molecule has 1 aliphatic carbocycles. The maximum Gasteiger partial charge on any atom is 0.134 e. The summed E-state index contributed by atoms with van der Waals surface area (Å²) < 4.78 is 6.05. The molecule has 0 bridgehead atoms. The standard InChI is InChI=1S/C16H21NOS/c1-19-16(8-4-5-9-16)12-17-10-13-11-18-15-7-3-2-6-14(13)15/h2-3,6-7,11,17H,4-5,8-10,12H2,1H3. The summed E-state index contributed by atoms with van der Waals surface area (Å²) in [6, 6.07) is 8.25. The van der Waals surface area contributed by atoms with E-state index in [9.17, 15) is 0 Å². The van der Waals surface area contributed by atoms with Gasteiger partial charge in [0.15, 0.2) is 0 Å². The van der Waals surface area contributed by atoms with Crippen LogP contribution in [-0.2, 0) is 6.54 Å². The van der Waals surface area contributed by atoms with Gasteiger partial charge < -0.3 is 9.73 Å². The molecule has 1 fully saturated rings. The molecule has 0 atom stereocenters. The van der Waals surface area contributed by atoms with Crippen LogP contribution in [0, 0.1) is 0 Å². The molecule has 0 amide bonds. The number of hydrogen-bond acceptors (Lipinski definition) is 3. The fourth-order valence-corrected chi connectivity index (χ4v) is 4.01. The first-order valence-corrected chi connectivity index (χ1v) is 8.26. The molecular formula is C16H21NOS. The molecule has 3 heteroatoms. The second-order valence-corrected chi connectivity index (χ2v) is 6.73. The van der Waals surface area contributed by atoms with Crippen LogP contribution < -0.4 is 5.32 Å². The Labute approximate surface area is 118 Å². The molecule has 2 nitrogen and oxygen atoms in total. The van der Waals surface area contributed by atoms with E-state index in [2.05, 4.69) is 23.7 Å². The zero-order valence-corrected chi connectivity index (χ0v) is 12.3. The average Bonchev–Trinajstić information content (AvgIpc) is 3.07. The fraction of sp³-hybridized carbons (Fsp3) is 0.500. The minimum absolute atomic E-state index is 0.472. The summed E-state index contributed by atoms with van der Waals surface area (Å²) in [6.07, 6.45) is 9.62. The molecule has 1 N–H and O–H groups in total. The van der Waals surface area contributed by atoms with Crippen LogP contribution >= 0.6 is 11.8 Å². The maximum atomic E-state index is 5.58. The highest BCUT2D eigenvalue weighted by Crippen LogP contribution is 2.39. The van der Waals surface area contributed by atoms with Gasteiger partial charge in [-0.2, -0.15) is 11.8 Å². The molecule has 1 aromatic heterocycles. The van der Waals surface area contributed by atoms with Crippen LogP contribution in [0.3, 0.4) is 0 Å². The van der Waals surface area contributed by atoms with Crippen LogP contribution in [0.4, 0.5) is 0 Å². The van der Waals surface area contributed by atoms with Gasteiger partial charge in [0.1, 0.15) is 5.58 Å². The Balaban J connectivity index is 1.63. The topological polar surface area (TPSA) is 25.2 Å². The second kappa shape index (κ2) is 5.59. The summed E-state index contributed by atoms with van der Waals surface area (Å²) in [5.74, 6) is 0. The maximum absolute atomic E-state index is 5.58. The molecule has 1 aromatic carbocycles. The molecule has 1 heterocycles. The summed E-state index contributed by atoms with van der Waals surface area (Å²) in [7, 11) is 0. The van der Waals surface area contributed by atoms with Gasteiger partial charge in [0, 0.05) is 28.8 Å². The molecule has 1 aliphatic rings.